The van der Waals surface area contributed by atoms with E-state index in [1.54, 1.807) is 34.4 Å². The predicted molar refractivity (Wildman–Crippen MR) is 121 cm³/mol. The number of hydrogen-bond acceptors (Lipinski definition) is 6. The molecule has 144 valence electrons. The molecule has 4 rings (SSSR count). The number of halogens is 1. The van der Waals surface area contributed by atoms with Crippen molar-refractivity contribution in [1.82, 2.24) is 19.7 Å². The fraction of sp³-hybridized carbons (Fsp3) is 0.250. The average molecular weight is 447 g/mol. The van der Waals surface area contributed by atoms with E-state index in [0.717, 1.165) is 44.6 Å². The Bertz CT molecular complexity index is 1110. The Morgan fingerprint density at radius 3 is 2.61 bits per heavy atom. The van der Waals surface area contributed by atoms with Crippen LogP contribution in [0.1, 0.15) is 23.1 Å². The molecule has 0 aliphatic heterocycles. The molecule has 0 aliphatic carbocycles. The van der Waals surface area contributed by atoms with E-state index in [-0.39, 0.29) is 0 Å². The van der Waals surface area contributed by atoms with Gasteiger partial charge in [-0.3, -0.25) is 0 Å². The molecule has 0 amide bonds. The Balaban J connectivity index is 1.53. The van der Waals surface area contributed by atoms with Crippen molar-refractivity contribution in [3.8, 4) is 22.0 Å². The van der Waals surface area contributed by atoms with Gasteiger partial charge in [0.15, 0.2) is 11.0 Å². The molecule has 0 bridgehead atoms. The zero-order valence-electron chi connectivity index (χ0n) is 15.8. The molecule has 0 spiro atoms. The second kappa shape index (κ2) is 8.37. The number of thiazole rings is 1. The summed E-state index contributed by atoms with van der Waals surface area (Å²) in [6.07, 6.45) is 0. The number of nitrogens with zero attached hydrogens (tertiary/aromatic N) is 4. The Morgan fingerprint density at radius 2 is 1.89 bits per heavy atom. The van der Waals surface area contributed by atoms with Crippen LogP contribution in [0.4, 0.5) is 0 Å². The summed E-state index contributed by atoms with van der Waals surface area (Å²) in [4.78, 5) is 6.08. The van der Waals surface area contributed by atoms with Crippen molar-refractivity contribution in [2.45, 2.75) is 38.2 Å². The van der Waals surface area contributed by atoms with Gasteiger partial charge in [-0.2, -0.15) is 0 Å². The van der Waals surface area contributed by atoms with Gasteiger partial charge < -0.3 is 4.57 Å². The molecule has 3 aromatic heterocycles. The lowest BCUT2D eigenvalue weighted by Gasteiger charge is -2.06. The Hall–Kier alpha value is -1.67. The largest absolute Gasteiger partial charge is 0.302 e. The second-order valence-electron chi connectivity index (χ2n) is 6.29. The van der Waals surface area contributed by atoms with Gasteiger partial charge in [0, 0.05) is 39.1 Å². The minimum atomic E-state index is 0.729. The standard InChI is InChI=1S/C20H19ClN4S3/c1-4-25-18(16-11-26-13(3)12(16)2)23-24-20(25)28-10-14-9-27-19(22-14)15-7-5-6-8-17(15)21/h5-9,11H,4,10H2,1-3H3. The summed E-state index contributed by atoms with van der Waals surface area (Å²) in [5.41, 5.74) is 4.47. The van der Waals surface area contributed by atoms with Gasteiger partial charge in [-0.1, -0.05) is 41.6 Å². The Morgan fingerprint density at radius 1 is 1.07 bits per heavy atom. The van der Waals surface area contributed by atoms with E-state index in [0.29, 0.717) is 0 Å². The highest BCUT2D eigenvalue weighted by atomic mass is 35.5. The average Bonchev–Trinajstić information content (AvgIpc) is 3.40. The highest BCUT2D eigenvalue weighted by Gasteiger charge is 2.17. The Labute approximate surface area is 181 Å². The normalized spacial score (nSPS) is 11.3. The number of hydrogen-bond donors (Lipinski definition) is 0. The molecule has 0 N–H and O–H groups in total. The quantitative estimate of drug-likeness (QED) is 0.308. The molecule has 8 heteroatoms. The molecule has 28 heavy (non-hydrogen) atoms. The van der Waals surface area contributed by atoms with Crippen molar-refractivity contribution >= 4 is 46.0 Å². The monoisotopic (exact) mass is 446 g/mol. The van der Waals surface area contributed by atoms with Crippen molar-refractivity contribution in [2.75, 3.05) is 0 Å². The summed E-state index contributed by atoms with van der Waals surface area (Å²) < 4.78 is 2.18. The van der Waals surface area contributed by atoms with Crippen LogP contribution in [0.25, 0.3) is 22.0 Å². The fourth-order valence-corrected chi connectivity index (χ4v) is 5.89. The van der Waals surface area contributed by atoms with Crippen molar-refractivity contribution in [3.05, 3.63) is 56.2 Å². The highest BCUT2D eigenvalue weighted by molar-refractivity contribution is 7.98. The number of thiophene rings is 1. The van der Waals surface area contributed by atoms with Gasteiger partial charge in [0.2, 0.25) is 0 Å². The first-order valence-electron chi connectivity index (χ1n) is 8.88. The zero-order chi connectivity index (χ0) is 19.7. The molecule has 4 nitrogen and oxygen atoms in total. The third-order valence-corrected chi connectivity index (χ3v) is 7.83. The van der Waals surface area contributed by atoms with Gasteiger partial charge in [-0.25, -0.2) is 4.98 Å². The number of benzene rings is 1. The maximum atomic E-state index is 6.30. The number of rotatable bonds is 6. The van der Waals surface area contributed by atoms with E-state index in [1.165, 1.54) is 16.0 Å². The lowest BCUT2D eigenvalue weighted by molar-refractivity contribution is 0.687. The third-order valence-electron chi connectivity index (χ3n) is 4.56. The van der Waals surface area contributed by atoms with Crippen molar-refractivity contribution in [1.29, 1.82) is 0 Å². The molecule has 0 fully saturated rings. The molecule has 0 radical (unpaired) electrons. The topological polar surface area (TPSA) is 43.6 Å². The van der Waals surface area contributed by atoms with Crippen LogP contribution in [-0.4, -0.2) is 19.7 Å². The number of aryl methyl sites for hydroxylation is 1. The van der Waals surface area contributed by atoms with Crippen molar-refractivity contribution in [3.63, 3.8) is 0 Å². The predicted octanol–water partition coefficient (Wildman–Crippen LogP) is 6.71. The van der Waals surface area contributed by atoms with Crippen LogP contribution in [0.15, 0.2) is 40.2 Å². The molecule has 0 saturated carbocycles. The van der Waals surface area contributed by atoms with Crippen LogP contribution < -0.4 is 0 Å². The van der Waals surface area contributed by atoms with E-state index < -0.39 is 0 Å². The summed E-state index contributed by atoms with van der Waals surface area (Å²) in [6.45, 7) is 7.25. The van der Waals surface area contributed by atoms with Crippen LogP contribution in [0, 0.1) is 13.8 Å². The summed E-state index contributed by atoms with van der Waals surface area (Å²) in [6, 6.07) is 7.81. The first-order chi connectivity index (χ1) is 13.6. The second-order valence-corrected chi connectivity index (χ2v) is 9.59. The van der Waals surface area contributed by atoms with Gasteiger partial charge in [0.1, 0.15) is 5.01 Å². The first-order valence-corrected chi connectivity index (χ1v) is 12.0. The third kappa shape index (κ3) is 3.76. The minimum absolute atomic E-state index is 0.729. The molecule has 4 aromatic rings. The van der Waals surface area contributed by atoms with Crippen LogP contribution in [-0.2, 0) is 12.3 Å². The lowest BCUT2D eigenvalue weighted by Crippen LogP contribution is -2.00. The summed E-state index contributed by atoms with van der Waals surface area (Å²) in [7, 11) is 0. The fourth-order valence-electron chi connectivity index (χ4n) is 2.88. The van der Waals surface area contributed by atoms with Gasteiger partial charge >= 0.3 is 0 Å². The van der Waals surface area contributed by atoms with Crippen LogP contribution in [0.2, 0.25) is 5.02 Å². The van der Waals surface area contributed by atoms with E-state index in [1.807, 2.05) is 24.3 Å². The van der Waals surface area contributed by atoms with Crippen LogP contribution in [0.5, 0.6) is 0 Å². The smallest absolute Gasteiger partial charge is 0.191 e. The summed E-state index contributed by atoms with van der Waals surface area (Å²) in [5, 5.41) is 15.8. The number of aromatic nitrogens is 4. The summed E-state index contributed by atoms with van der Waals surface area (Å²) in [5.74, 6) is 1.70. The molecule has 1 aromatic carbocycles. The van der Waals surface area contributed by atoms with E-state index >= 15 is 0 Å². The van der Waals surface area contributed by atoms with Gasteiger partial charge in [-0.05, 0) is 32.4 Å². The SMILES string of the molecule is CCn1c(SCc2csc(-c3ccccc3Cl)n2)nnc1-c1csc(C)c1C. The summed E-state index contributed by atoms with van der Waals surface area (Å²) >= 11 is 11.3. The molecule has 0 atom stereocenters. The molecule has 0 unspecified atom stereocenters. The molecule has 0 aliphatic rings. The highest BCUT2D eigenvalue weighted by Crippen LogP contribution is 2.34. The number of thioether (sulfide) groups is 1. The zero-order valence-corrected chi connectivity index (χ0v) is 19.0. The van der Waals surface area contributed by atoms with Crippen LogP contribution in [0.3, 0.4) is 0 Å². The van der Waals surface area contributed by atoms with Crippen molar-refractivity contribution < 1.29 is 0 Å². The first kappa shape index (κ1) is 19.6. The van der Waals surface area contributed by atoms with E-state index in [4.69, 9.17) is 16.6 Å². The van der Waals surface area contributed by atoms with Crippen LogP contribution >= 0.6 is 46.0 Å². The molecule has 3 heterocycles. The lowest BCUT2D eigenvalue weighted by atomic mass is 10.1. The van der Waals surface area contributed by atoms with Gasteiger partial charge in [-0.15, -0.1) is 32.9 Å². The molecular weight excluding hydrogens is 428 g/mol. The van der Waals surface area contributed by atoms with Gasteiger partial charge in [0.25, 0.3) is 0 Å². The molecule has 0 saturated heterocycles. The Kier molecular flexibility index (Phi) is 5.87. The van der Waals surface area contributed by atoms with Crippen molar-refractivity contribution in [2.24, 2.45) is 0 Å². The molecular formula is C20H19ClN4S3. The van der Waals surface area contributed by atoms with E-state index in [2.05, 4.69) is 46.3 Å². The maximum Gasteiger partial charge on any atom is 0.191 e. The minimum Gasteiger partial charge on any atom is -0.302 e. The van der Waals surface area contributed by atoms with E-state index in [9.17, 15) is 0 Å². The van der Waals surface area contributed by atoms with Gasteiger partial charge in [0.05, 0.1) is 10.7 Å². The maximum absolute atomic E-state index is 6.30.